The van der Waals surface area contributed by atoms with Gasteiger partial charge in [-0.05, 0) is 42.7 Å². The summed E-state index contributed by atoms with van der Waals surface area (Å²) < 4.78 is 4.94. The average Bonchev–Trinajstić information content (AvgIpc) is 2.82. The molecule has 0 saturated heterocycles. The number of carbonyl (C=O) groups excluding carboxylic acids is 3. The van der Waals surface area contributed by atoms with Crippen LogP contribution in [0.15, 0.2) is 60.7 Å². The summed E-state index contributed by atoms with van der Waals surface area (Å²) in [5, 5.41) is 2.84. The van der Waals surface area contributed by atoms with Crippen LogP contribution < -0.4 is 11.1 Å². The van der Waals surface area contributed by atoms with E-state index in [1.54, 1.807) is 0 Å². The van der Waals surface area contributed by atoms with Crippen molar-refractivity contribution in [3.8, 4) is 0 Å². The van der Waals surface area contributed by atoms with E-state index in [1.807, 2.05) is 74.5 Å². The number of amides is 1. The van der Waals surface area contributed by atoms with E-state index in [0.29, 0.717) is 25.7 Å². The fourth-order valence-corrected chi connectivity index (χ4v) is 3.81. The molecule has 0 saturated carbocycles. The molecule has 0 aliphatic heterocycles. The Balaban J connectivity index is 0.00000578. The molecule has 0 spiro atoms. The van der Waals surface area contributed by atoms with Crippen LogP contribution in [-0.4, -0.2) is 36.9 Å². The molecule has 2 aromatic carbocycles. The zero-order valence-corrected chi connectivity index (χ0v) is 21.1. The highest BCUT2D eigenvalue weighted by Gasteiger charge is 2.29. The molecule has 34 heavy (non-hydrogen) atoms. The Morgan fingerprint density at radius 3 is 2.03 bits per heavy atom. The molecule has 7 heteroatoms. The van der Waals surface area contributed by atoms with E-state index in [2.05, 4.69) is 5.32 Å². The van der Waals surface area contributed by atoms with Gasteiger partial charge in [-0.3, -0.25) is 14.4 Å². The lowest BCUT2D eigenvalue weighted by Gasteiger charge is -2.23. The first kappa shape index (κ1) is 29.3. The van der Waals surface area contributed by atoms with Crippen molar-refractivity contribution in [2.45, 2.75) is 58.0 Å². The number of halogens is 1. The maximum Gasteiger partial charge on any atom is 0.309 e. The SMILES string of the molecule is COC(=O)[C@@H](CC(=O)[C@H](CC(C)C)NC(=O)[C@@H](N)CCc1ccccc1)Cc1ccccc1.Cl. The van der Waals surface area contributed by atoms with Crippen LogP contribution in [0, 0.1) is 11.8 Å². The Bertz CT molecular complexity index is 890. The number of esters is 1. The Morgan fingerprint density at radius 1 is 0.941 bits per heavy atom. The highest BCUT2D eigenvalue weighted by Crippen LogP contribution is 2.18. The molecule has 0 radical (unpaired) electrons. The fraction of sp³-hybridized carbons (Fsp3) is 0.444. The third-order valence-electron chi connectivity index (χ3n) is 5.64. The summed E-state index contributed by atoms with van der Waals surface area (Å²) in [4.78, 5) is 38.3. The topological polar surface area (TPSA) is 98.5 Å². The number of aryl methyl sites for hydroxylation is 1. The molecule has 3 N–H and O–H groups in total. The number of benzene rings is 2. The molecular formula is C27H37ClN2O4. The smallest absolute Gasteiger partial charge is 0.309 e. The number of hydrogen-bond acceptors (Lipinski definition) is 5. The van der Waals surface area contributed by atoms with Gasteiger partial charge in [0, 0.05) is 6.42 Å². The quantitative estimate of drug-likeness (QED) is 0.417. The molecule has 186 valence electrons. The first-order valence-electron chi connectivity index (χ1n) is 11.5. The monoisotopic (exact) mass is 488 g/mol. The van der Waals surface area contributed by atoms with Crippen molar-refractivity contribution in [3.63, 3.8) is 0 Å². The van der Waals surface area contributed by atoms with Crippen molar-refractivity contribution in [1.82, 2.24) is 5.32 Å². The van der Waals surface area contributed by atoms with Crippen molar-refractivity contribution >= 4 is 30.1 Å². The zero-order chi connectivity index (χ0) is 24.2. The van der Waals surface area contributed by atoms with Gasteiger partial charge in [-0.2, -0.15) is 0 Å². The Kier molecular flexibility index (Phi) is 13.2. The minimum atomic E-state index is -0.714. The first-order chi connectivity index (χ1) is 15.8. The molecule has 0 fully saturated rings. The van der Waals surface area contributed by atoms with Crippen LogP contribution >= 0.6 is 12.4 Å². The van der Waals surface area contributed by atoms with Crippen molar-refractivity contribution in [2.75, 3.05) is 7.11 Å². The van der Waals surface area contributed by atoms with Crippen molar-refractivity contribution < 1.29 is 19.1 Å². The van der Waals surface area contributed by atoms with E-state index in [9.17, 15) is 14.4 Å². The normalized spacial score (nSPS) is 13.3. The third kappa shape index (κ3) is 10.1. The van der Waals surface area contributed by atoms with Crippen LogP contribution in [0.25, 0.3) is 0 Å². The van der Waals surface area contributed by atoms with E-state index in [4.69, 9.17) is 10.5 Å². The number of nitrogens with one attached hydrogen (secondary N) is 1. The van der Waals surface area contributed by atoms with Gasteiger partial charge < -0.3 is 15.8 Å². The van der Waals surface area contributed by atoms with Crippen LogP contribution in [0.4, 0.5) is 0 Å². The van der Waals surface area contributed by atoms with Gasteiger partial charge in [-0.25, -0.2) is 0 Å². The van der Waals surface area contributed by atoms with Crippen molar-refractivity contribution in [2.24, 2.45) is 17.6 Å². The molecule has 1 amide bonds. The lowest BCUT2D eigenvalue weighted by molar-refractivity contribution is -0.147. The minimum Gasteiger partial charge on any atom is -0.469 e. The second kappa shape index (κ2) is 15.3. The lowest BCUT2D eigenvalue weighted by Crippen LogP contribution is -2.49. The summed E-state index contributed by atoms with van der Waals surface area (Å²) in [6.45, 7) is 3.98. The molecule has 3 atom stereocenters. The average molecular weight is 489 g/mol. The van der Waals surface area contributed by atoms with Gasteiger partial charge in [0.15, 0.2) is 5.78 Å². The summed E-state index contributed by atoms with van der Waals surface area (Å²) in [5.74, 6) is -1.38. The van der Waals surface area contributed by atoms with E-state index < -0.39 is 24.0 Å². The van der Waals surface area contributed by atoms with Gasteiger partial charge in [-0.15, -0.1) is 12.4 Å². The van der Waals surface area contributed by atoms with Gasteiger partial charge in [-0.1, -0.05) is 74.5 Å². The molecule has 0 bridgehead atoms. The maximum atomic E-state index is 13.2. The van der Waals surface area contributed by atoms with Crippen LogP contribution in [0.5, 0.6) is 0 Å². The Hall–Kier alpha value is -2.70. The van der Waals surface area contributed by atoms with Gasteiger partial charge in [0.1, 0.15) is 0 Å². The van der Waals surface area contributed by atoms with Gasteiger partial charge in [0.25, 0.3) is 0 Å². The van der Waals surface area contributed by atoms with E-state index in [-0.39, 0.29) is 36.4 Å². The molecule has 2 rings (SSSR count). The van der Waals surface area contributed by atoms with E-state index in [1.165, 1.54) is 7.11 Å². The summed E-state index contributed by atoms with van der Waals surface area (Å²) in [5.41, 5.74) is 8.18. The third-order valence-corrected chi connectivity index (χ3v) is 5.64. The molecule has 0 heterocycles. The molecule has 0 unspecified atom stereocenters. The number of carbonyl (C=O) groups is 3. The molecule has 0 aliphatic rings. The van der Waals surface area contributed by atoms with Crippen LogP contribution in [0.2, 0.25) is 0 Å². The molecule has 2 aromatic rings. The standard InChI is InChI=1S/C27H36N2O4.ClH/c1-19(2)16-24(29-26(31)23(28)15-14-20-10-6-4-7-11-20)25(30)18-22(27(32)33-3)17-21-12-8-5-9-13-21;/h4-13,19,22-24H,14-18,28H2,1-3H3,(H,29,31);1H/t22-,23+,24+;/m1./s1. The zero-order valence-electron chi connectivity index (χ0n) is 20.2. The summed E-state index contributed by atoms with van der Waals surface area (Å²) >= 11 is 0. The number of nitrogens with two attached hydrogens (primary N) is 1. The highest BCUT2D eigenvalue weighted by atomic mass is 35.5. The second-order valence-electron chi connectivity index (χ2n) is 8.90. The fourth-order valence-electron chi connectivity index (χ4n) is 3.81. The summed E-state index contributed by atoms with van der Waals surface area (Å²) in [6.07, 6.45) is 2.04. The largest absolute Gasteiger partial charge is 0.469 e. The van der Waals surface area contributed by atoms with Gasteiger partial charge in [0.2, 0.25) is 5.91 Å². The number of Topliss-reactive ketones (excluding diaryl/α,β-unsaturated/α-hetero) is 1. The number of ketones is 1. The predicted molar refractivity (Wildman–Crippen MR) is 137 cm³/mol. The highest BCUT2D eigenvalue weighted by molar-refractivity contribution is 5.92. The minimum absolute atomic E-state index is 0. The molecule has 0 aromatic heterocycles. The predicted octanol–water partition coefficient (Wildman–Crippen LogP) is 3.89. The Labute approximate surface area is 209 Å². The van der Waals surface area contributed by atoms with Crippen LogP contribution in [0.3, 0.4) is 0 Å². The maximum absolute atomic E-state index is 13.2. The van der Waals surface area contributed by atoms with Crippen molar-refractivity contribution in [3.05, 3.63) is 71.8 Å². The summed E-state index contributed by atoms with van der Waals surface area (Å²) in [6, 6.07) is 17.9. The van der Waals surface area contributed by atoms with E-state index >= 15 is 0 Å². The van der Waals surface area contributed by atoms with Crippen LogP contribution in [0.1, 0.15) is 44.2 Å². The lowest BCUT2D eigenvalue weighted by atomic mass is 9.89. The molecule has 6 nitrogen and oxygen atoms in total. The number of hydrogen-bond donors (Lipinski definition) is 2. The van der Waals surface area contributed by atoms with Gasteiger partial charge in [0.05, 0.1) is 25.1 Å². The van der Waals surface area contributed by atoms with Crippen LogP contribution in [-0.2, 0) is 32.0 Å². The molecule has 0 aliphatic carbocycles. The summed E-state index contributed by atoms with van der Waals surface area (Å²) in [7, 11) is 1.32. The first-order valence-corrected chi connectivity index (χ1v) is 11.5. The number of rotatable bonds is 13. The number of ether oxygens (including phenoxy) is 1. The van der Waals surface area contributed by atoms with E-state index in [0.717, 1.165) is 11.1 Å². The van der Waals surface area contributed by atoms with Gasteiger partial charge >= 0.3 is 5.97 Å². The van der Waals surface area contributed by atoms with Crippen molar-refractivity contribution in [1.29, 1.82) is 0 Å². The Morgan fingerprint density at radius 2 is 1.50 bits per heavy atom. The number of methoxy groups -OCH3 is 1. The molecular weight excluding hydrogens is 452 g/mol. The second-order valence-corrected chi connectivity index (χ2v) is 8.90.